The predicted octanol–water partition coefficient (Wildman–Crippen LogP) is 2.08. The standard InChI is InChI=1S/C13H21F9N2O5S2/c1-23(6-4-7-24(2,3)8-5-9-30(25,26)27)31(28,29)13(21,22)11(16,17)10(14,15)12(18,19)20/h4-9H2,1-3H3. The number of rotatable bonds is 12. The molecule has 0 bridgehead atoms. The lowest BCUT2D eigenvalue weighted by atomic mass is 10.1. The predicted molar refractivity (Wildman–Crippen MR) is 88.1 cm³/mol. The van der Waals surface area contributed by atoms with E-state index in [-0.39, 0.29) is 30.4 Å². The van der Waals surface area contributed by atoms with Gasteiger partial charge >= 0.3 is 23.3 Å². The number of quaternary nitrogens is 1. The van der Waals surface area contributed by atoms with E-state index in [9.17, 15) is 60.9 Å². The summed E-state index contributed by atoms with van der Waals surface area (Å²) < 4.78 is 171. The number of hydrogen-bond donors (Lipinski definition) is 0. The van der Waals surface area contributed by atoms with Gasteiger partial charge in [0, 0.05) is 32.2 Å². The third-order valence-corrected chi connectivity index (χ3v) is 6.94. The van der Waals surface area contributed by atoms with Gasteiger partial charge in [-0.15, -0.1) is 0 Å². The van der Waals surface area contributed by atoms with Crippen molar-refractivity contribution < 1.29 is 65.4 Å². The van der Waals surface area contributed by atoms with Crippen LogP contribution in [0.4, 0.5) is 39.5 Å². The second-order valence-electron chi connectivity index (χ2n) is 7.34. The molecule has 18 heteroatoms. The highest BCUT2D eigenvalue weighted by atomic mass is 32.2. The smallest absolute Gasteiger partial charge is 0.460 e. The fraction of sp³-hybridized carbons (Fsp3) is 1.00. The van der Waals surface area contributed by atoms with E-state index in [0.29, 0.717) is 7.05 Å². The fourth-order valence-corrected chi connectivity index (χ4v) is 4.04. The number of halogens is 9. The molecule has 0 rings (SSSR count). The van der Waals surface area contributed by atoms with Crippen molar-refractivity contribution in [2.45, 2.75) is 36.1 Å². The Kier molecular flexibility index (Phi) is 8.93. The minimum atomic E-state index is -7.34. The lowest BCUT2D eigenvalue weighted by Crippen LogP contribution is -2.65. The second kappa shape index (κ2) is 9.18. The lowest BCUT2D eigenvalue weighted by Gasteiger charge is -2.35. The van der Waals surface area contributed by atoms with E-state index in [0.717, 1.165) is 0 Å². The van der Waals surface area contributed by atoms with Crippen molar-refractivity contribution in [2.24, 2.45) is 0 Å². The summed E-state index contributed by atoms with van der Waals surface area (Å²) in [6, 6.07) is 0. The molecule has 188 valence electrons. The maximum Gasteiger partial charge on any atom is 0.460 e. The average molecular weight is 520 g/mol. The van der Waals surface area contributed by atoms with Gasteiger partial charge in [-0.25, -0.2) is 16.8 Å². The van der Waals surface area contributed by atoms with Crippen LogP contribution in [-0.2, 0) is 20.1 Å². The van der Waals surface area contributed by atoms with Gasteiger partial charge in [-0.3, -0.25) is 0 Å². The van der Waals surface area contributed by atoms with Crippen LogP contribution in [0.25, 0.3) is 0 Å². The molecular weight excluding hydrogens is 499 g/mol. The molecule has 0 amide bonds. The summed E-state index contributed by atoms with van der Waals surface area (Å²) in [7, 11) is -7.91. The third-order valence-electron chi connectivity index (χ3n) is 4.24. The van der Waals surface area contributed by atoms with E-state index in [1.165, 1.54) is 14.1 Å². The van der Waals surface area contributed by atoms with Crippen LogP contribution in [0.1, 0.15) is 12.8 Å². The average Bonchev–Trinajstić information content (AvgIpc) is 2.51. The molecule has 0 N–H and O–H groups in total. The van der Waals surface area contributed by atoms with Gasteiger partial charge in [0.15, 0.2) is 0 Å². The fourth-order valence-electron chi connectivity index (χ4n) is 2.34. The van der Waals surface area contributed by atoms with Crippen LogP contribution in [0.3, 0.4) is 0 Å². The molecule has 0 aliphatic heterocycles. The van der Waals surface area contributed by atoms with Crippen molar-refractivity contribution in [2.75, 3.05) is 46.5 Å². The highest BCUT2D eigenvalue weighted by Crippen LogP contribution is 2.55. The minimum absolute atomic E-state index is 0.0595. The molecular formula is C13H21F9N2O5S2. The Hall–Kier alpha value is -0.850. The third kappa shape index (κ3) is 6.82. The van der Waals surface area contributed by atoms with Crippen LogP contribution in [0.5, 0.6) is 0 Å². The highest BCUT2D eigenvalue weighted by Gasteiger charge is 2.85. The van der Waals surface area contributed by atoms with Crippen molar-refractivity contribution in [3.05, 3.63) is 0 Å². The van der Waals surface area contributed by atoms with Crippen molar-refractivity contribution >= 4 is 20.1 Å². The molecule has 31 heavy (non-hydrogen) atoms. The molecule has 0 aliphatic carbocycles. The topological polar surface area (TPSA) is 94.6 Å². The molecule has 0 aliphatic rings. The lowest BCUT2D eigenvalue weighted by molar-refractivity contribution is -0.890. The van der Waals surface area contributed by atoms with Crippen LogP contribution >= 0.6 is 0 Å². The summed E-state index contributed by atoms with van der Waals surface area (Å²) in [6.45, 7) is -0.962. The van der Waals surface area contributed by atoms with Crippen LogP contribution in [0, 0.1) is 0 Å². The van der Waals surface area contributed by atoms with Crippen LogP contribution in [-0.4, -0.2) is 100.0 Å². The molecule has 7 nitrogen and oxygen atoms in total. The summed E-state index contributed by atoms with van der Waals surface area (Å²) in [5.74, 6) is -15.3. The first-order chi connectivity index (χ1) is 13.3. The van der Waals surface area contributed by atoms with Gasteiger partial charge in [0.05, 0.1) is 37.3 Å². The molecule has 0 saturated heterocycles. The van der Waals surface area contributed by atoms with Gasteiger partial charge in [0.2, 0.25) is 0 Å². The van der Waals surface area contributed by atoms with Crippen molar-refractivity contribution in [1.29, 1.82) is 0 Å². The van der Waals surface area contributed by atoms with Crippen LogP contribution in [0.2, 0.25) is 0 Å². The van der Waals surface area contributed by atoms with E-state index in [1.807, 2.05) is 0 Å². The molecule has 0 atom stereocenters. The SMILES string of the molecule is CN(CCC[N+](C)(C)CCCS(=O)(=O)[O-])S(=O)(=O)C(F)(F)C(F)(F)C(F)(F)C(F)(F)F. The Labute approximate surface area is 173 Å². The van der Waals surface area contributed by atoms with Gasteiger partial charge in [0.25, 0.3) is 10.0 Å². The molecule has 0 unspecified atom stereocenters. The molecule has 0 fully saturated rings. The largest absolute Gasteiger partial charge is 0.748 e. The summed E-state index contributed by atoms with van der Waals surface area (Å²) >= 11 is 0. The molecule has 0 aromatic rings. The first-order valence-corrected chi connectivity index (χ1v) is 11.3. The summed E-state index contributed by atoms with van der Waals surface area (Å²) in [6.07, 6.45) is -7.60. The van der Waals surface area contributed by atoms with Gasteiger partial charge in [-0.05, 0) is 0 Å². The van der Waals surface area contributed by atoms with Crippen molar-refractivity contribution in [3.8, 4) is 0 Å². The Bertz CT molecular complexity index is 827. The first kappa shape index (κ1) is 30.1. The normalized spacial score (nSPS) is 15.5. The molecule has 0 aromatic carbocycles. The van der Waals surface area contributed by atoms with Crippen LogP contribution < -0.4 is 0 Å². The Morgan fingerprint density at radius 1 is 0.806 bits per heavy atom. The number of sulfonamides is 1. The Morgan fingerprint density at radius 2 is 1.23 bits per heavy atom. The summed E-state index contributed by atoms with van der Waals surface area (Å²) in [4.78, 5) is 0. The highest BCUT2D eigenvalue weighted by molar-refractivity contribution is 7.90. The molecule has 0 spiro atoms. The van der Waals surface area contributed by atoms with E-state index in [4.69, 9.17) is 0 Å². The van der Waals surface area contributed by atoms with E-state index >= 15 is 0 Å². The number of alkyl halides is 9. The van der Waals surface area contributed by atoms with E-state index < -0.39 is 60.0 Å². The molecule has 0 heterocycles. The molecule has 0 aromatic heterocycles. The van der Waals surface area contributed by atoms with E-state index in [1.54, 1.807) is 0 Å². The minimum Gasteiger partial charge on any atom is -0.748 e. The zero-order valence-electron chi connectivity index (χ0n) is 16.4. The quantitative estimate of drug-likeness (QED) is 0.223. The Balaban J connectivity index is 5.32. The maximum absolute atomic E-state index is 13.7. The summed E-state index contributed by atoms with van der Waals surface area (Å²) in [5, 5.41) is -6.79. The maximum atomic E-state index is 13.7. The number of nitrogens with zero attached hydrogens (tertiary/aromatic N) is 2. The Morgan fingerprint density at radius 3 is 1.61 bits per heavy atom. The van der Waals surface area contributed by atoms with Gasteiger partial charge < -0.3 is 9.04 Å². The first-order valence-electron chi connectivity index (χ1n) is 8.25. The molecule has 0 saturated carbocycles. The van der Waals surface area contributed by atoms with Crippen LogP contribution in [0.15, 0.2) is 0 Å². The molecule has 0 radical (unpaired) electrons. The zero-order chi connectivity index (χ0) is 25.3. The van der Waals surface area contributed by atoms with Crippen molar-refractivity contribution in [1.82, 2.24) is 4.31 Å². The van der Waals surface area contributed by atoms with Gasteiger partial charge in [0.1, 0.15) is 0 Å². The van der Waals surface area contributed by atoms with Gasteiger partial charge in [-0.2, -0.15) is 43.8 Å². The summed E-state index contributed by atoms with van der Waals surface area (Å²) in [5.41, 5.74) is 0. The number of hydrogen-bond acceptors (Lipinski definition) is 5. The second-order valence-corrected chi connectivity index (χ2v) is 11.0. The monoisotopic (exact) mass is 520 g/mol. The zero-order valence-corrected chi connectivity index (χ0v) is 18.0. The van der Waals surface area contributed by atoms with Gasteiger partial charge in [-0.1, -0.05) is 0 Å². The van der Waals surface area contributed by atoms with E-state index in [2.05, 4.69) is 0 Å². The van der Waals surface area contributed by atoms with Crippen molar-refractivity contribution in [3.63, 3.8) is 0 Å².